The minimum Gasteiger partial charge on any atom is -0.308 e. The largest absolute Gasteiger partial charge is 0.308 e. The van der Waals surface area contributed by atoms with Gasteiger partial charge in [0.25, 0.3) is 0 Å². The van der Waals surface area contributed by atoms with Crippen molar-refractivity contribution in [3.8, 4) is 0 Å². The van der Waals surface area contributed by atoms with E-state index in [1.807, 2.05) is 11.7 Å². The van der Waals surface area contributed by atoms with Crippen molar-refractivity contribution in [1.82, 2.24) is 10.3 Å². The van der Waals surface area contributed by atoms with E-state index < -0.39 is 0 Å². The zero-order valence-corrected chi connectivity index (χ0v) is 11.4. The fraction of sp³-hybridized carbons (Fsp3) is 0.250. The summed E-state index contributed by atoms with van der Waals surface area (Å²) in [7, 11) is 0. The standard InChI is InChI=1S/C12H13BrN2S/c1-9-2-3-10(12(13)4-9)5-14-6-11-7-15-8-16-11/h2-4,7-8,14H,5-6H2,1H3. The highest BCUT2D eigenvalue weighted by molar-refractivity contribution is 9.10. The van der Waals surface area contributed by atoms with E-state index in [9.17, 15) is 0 Å². The highest BCUT2D eigenvalue weighted by Gasteiger charge is 2.00. The minimum atomic E-state index is 0.874. The Labute approximate surface area is 108 Å². The number of aromatic nitrogens is 1. The SMILES string of the molecule is Cc1ccc(CNCc2cncs2)c(Br)c1. The van der Waals surface area contributed by atoms with Crippen LogP contribution < -0.4 is 5.32 Å². The van der Waals surface area contributed by atoms with Crippen LogP contribution in [0.5, 0.6) is 0 Å². The summed E-state index contributed by atoms with van der Waals surface area (Å²) in [5.41, 5.74) is 4.42. The van der Waals surface area contributed by atoms with Crippen LogP contribution in [-0.2, 0) is 13.1 Å². The van der Waals surface area contributed by atoms with Crippen LogP contribution in [0.15, 0.2) is 34.4 Å². The number of benzene rings is 1. The summed E-state index contributed by atoms with van der Waals surface area (Å²) < 4.78 is 1.17. The molecule has 0 spiro atoms. The van der Waals surface area contributed by atoms with Gasteiger partial charge >= 0.3 is 0 Å². The third-order valence-electron chi connectivity index (χ3n) is 2.31. The molecule has 0 atom stereocenters. The van der Waals surface area contributed by atoms with E-state index in [1.165, 1.54) is 20.5 Å². The van der Waals surface area contributed by atoms with E-state index in [0.29, 0.717) is 0 Å². The Bertz CT molecular complexity index is 454. The molecule has 0 bridgehead atoms. The van der Waals surface area contributed by atoms with Crippen molar-refractivity contribution >= 4 is 27.3 Å². The Morgan fingerprint density at radius 1 is 1.38 bits per heavy atom. The Balaban J connectivity index is 1.90. The van der Waals surface area contributed by atoms with E-state index in [1.54, 1.807) is 11.3 Å². The number of thiazole rings is 1. The molecular weight excluding hydrogens is 284 g/mol. The zero-order valence-electron chi connectivity index (χ0n) is 9.03. The van der Waals surface area contributed by atoms with Gasteiger partial charge in [-0.2, -0.15) is 0 Å². The first-order valence-corrected chi connectivity index (χ1v) is 6.76. The second kappa shape index (κ2) is 5.57. The van der Waals surface area contributed by atoms with Crippen molar-refractivity contribution in [2.24, 2.45) is 0 Å². The maximum atomic E-state index is 4.05. The summed E-state index contributed by atoms with van der Waals surface area (Å²) in [6.45, 7) is 3.85. The second-order valence-corrected chi connectivity index (χ2v) is 5.49. The lowest BCUT2D eigenvalue weighted by Gasteiger charge is -2.06. The van der Waals surface area contributed by atoms with Crippen LogP contribution in [0.4, 0.5) is 0 Å². The fourth-order valence-electron chi connectivity index (χ4n) is 1.45. The number of aryl methyl sites for hydroxylation is 1. The van der Waals surface area contributed by atoms with Gasteiger partial charge in [-0.15, -0.1) is 11.3 Å². The second-order valence-electron chi connectivity index (χ2n) is 3.67. The number of rotatable bonds is 4. The van der Waals surface area contributed by atoms with E-state index in [-0.39, 0.29) is 0 Å². The van der Waals surface area contributed by atoms with Gasteiger partial charge in [0.2, 0.25) is 0 Å². The molecule has 0 aliphatic carbocycles. The predicted octanol–water partition coefficient (Wildman–Crippen LogP) is 3.50. The van der Waals surface area contributed by atoms with Crippen LogP contribution in [0, 0.1) is 6.92 Å². The van der Waals surface area contributed by atoms with Crippen molar-refractivity contribution in [1.29, 1.82) is 0 Å². The van der Waals surface area contributed by atoms with Crippen molar-refractivity contribution in [2.45, 2.75) is 20.0 Å². The summed E-state index contributed by atoms with van der Waals surface area (Å²) in [5.74, 6) is 0. The maximum absolute atomic E-state index is 4.05. The lowest BCUT2D eigenvalue weighted by atomic mass is 10.1. The molecule has 2 aromatic rings. The van der Waals surface area contributed by atoms with Crippen molar-refractivity contribution in [2.75, 3.05) is 0 Å². The molecule has 0 aliphatic heterocycles. The maximum Gasteiger partial charge on any atom is 0.0794 e. The van der Waals surface area contributed by atoms with E-state index in [2.05, 4.69) is 51.4 Å². The van der Waals surface area contributed by atoms with Gasteiger partial charge in [-0.3, -0.25) is 4.98 Å². The van der Waals surface area contributed by atoms with Crippen LogP contribution in [0.25, 0.3) is 0 Å². The molecule has 0 unspecified atom stereocenters. The average Bonchev–Trinajstić information content (AvgIpc) is 2.74. The van der Waals surface area contributed by atoms with E-state index in [4.69, 9.17) is 0 Å². The summed E-state index contributed by atoms with van der Waals surface area (Å²) in [5, 5.41) is 3.40. The zero-order chi connectivity index (χ0) is 11.4. The highest BCUT2D eigenvalue weighted by atomic mass is 79.9. The number of nitrogens with one attached hydrogen (secondary N) is 1. The first-order valence-electron chi connectivity index (χ1n) is 5.09. The Morgan fingerprint density at radius 3 is 2.94 bits per heavy atom. The first-order chi connectivity index (χ1) is 7.75. The quantitative estimate of drug-likeness (QED) is 0.934. The molecule has 0 saturated carbocycles. The molecular formula is C12H13BrN2S. The molecule has 1 aromatic heterocycles. The van der Waals surface area contributed by atoms with Gasteiger partial charge in [-0.1, -0.05) is 28.1 Å². The van der Waals surface area contributed by atoms with E-state index >= 15 is 0 Å². The van der Waals surface area contributed by atoms with Gasteiger partial charge in [0.1, 0.15) is 0 Å². The Hall–Kier alpha value is -0.710. The van der Waals surface area contributed by atoms with Gasteiger partial charge in [-0.25, -0.2) is 0 Å². The monoisotopic (exact) mass is 296 g/mol. The Morgan fingerprint density at radius 2 is 2.25 bits per heavy atom. The minimum absolute atomic E-state index is 0.874. The number of nitrogens with zero attached hydrogens (tertiary/aromatic N) is 1. The van der Waals surface area contributed by atoms with E-state index in [0.717, 1.165) is 13.1 Å². The summed E-state index contributed by atoms with van der Waals surface area (Å²) in [6.07, 6.45) is 1.90. The molecule has 1 N–H and O–H groups in total. The summed E-state index contributed by atoms with van der Waals surface area (Å²) in [6, 6.07) is 6.43. The summed E-state index contributed by atoms with van der Waals surface area (Å²) >= 11 is 5.26. The van der Waals surface area contributed by atoms with Crippen molar-refractivity contribution < 1.29 is 0 Å². The molecule has 0 amide bonds. The Kier molecular flexibility index (Phi) is 4.09. The molecule has 0 aliphatic rings. The molecule has 16 heavy (non-hydrogen) atoms. The topological polar surface area (TPSA) is 24.9 Å². The lowest BCUT2D eigenvalue weighted by molar-refractivity contribution is 0.698. The van der Waals surface area contributed by atoms with Crippen LogP contribution in [0.3, 0.4) is 0 Å². The van der Waals surface area contributed by atoms with Gasteiger partial charge in [0.05, 0.1) is 5.51 Å². The van der Waals surface area contributed by atoms with Crippen molar-refractivity contribution in [3.63, 3.8) is 0 Å². The first kappa shape index (κ1) is 11.8. The molecule has 1 aromatic carbocycles. The molecule has 1 heterocycles. The fourth-order valence-corrected chi connectivity index (χ4v) is 2.64. The number of halogens is 1. The molecule has 2 rings (SSSR count). The smallest absolute Gasteiger partial charge is 0.0794 e. The third-order valence-corrected chi connectivity index (χ3v) is 3.82. The van der Waals surface area contributed by atoms with Crippen LogP contribution in [0.2, 0.25) is 0 Å². The van der Waals surface area contributed by atoms with Crippen LogP contribution in [-0.4, -0.2) is 4.98 Å². The average molecular weight is 297 g/mol. The van der Waals surface area contributed by atoms with Crippen molar-refractivity contribution in [3.05, 3.63) is 50.4 Å². The molecule has 2 nitrogen and oxygen atoms in total. The molecule has 0 fully saturated rings. The normalized spacial score (nSPS) is 10.6. The predicted molar refractivity (Wildman–Crippen MR) is 71.5 cm³/mol. The van der Waals surface area contributed by atoms with Gasteiger partial charge < -0.3 is 5.32 Å². The number of hydrogen-bond donors (Lipinski definition) is 1. The molecule has 0 radical (unpaired) electrons. The molecule has 84 valence electrons. The highest BCUT2D eigenvalue weighted by Crippen LogP contribution is 2.18. The third kappa shape index (κ3) is 3.14. The molecule has 0 saturated heterocycles. The van der Waals surface area contributed by atoms with Crippen LogP contribution >= 0.6 is 27.3 Å². The van der Waals surface area contributed by atoms with Crippen LogP contribution in [0.1, 0.15) is 16.0 Å². The number of hydrogen-bond acceptors (Lipinski definition) is 3. The lowest BCUT2D eigenvalue weighted by Crippen LogP contribution is -2.12. The van der Waals surface area contributed by atoms with Gasteiger partial charge in [0, 0.05) is 28.6 Å². The molecule has 4 heteroatoms. The van der Waals surface area contributed by atoms with Gasteiger partial charge in [0.15, 0.2) is 0 Å². The van der Waals surface area contributed by atoms with Gasteiger partial charge in [-0.05, 0) is 24.1 Å². The summed E-state index contributed by atoms with van der Waals surface area (Å²) in [4.78, 5) is 5.31.